The Labute approximate surface area is 164 Å². The number of carboxylic acid groups (broad SMARTS) is 1. The number of aromatic carboxylic acids is 1. The van der Waals surface area contributed by atoms with Gasteiger partial charge < -0.3 is 14.8 Å². The Morgan fingerprint density at radius 1 is 0.931 bits per heavy atom. The van der Waals surface area contributed by atoms with E-state index in [4.69, 9.17) is 9.52 Å². The van der Waals surface area contributed by atoms with Crippen molar-refractivity contribution >= 4 is 29.4 Å². The summed E-state index contributed by atoms with van der Waals surface area (Å²) in [6.45, 7) is 0.0107. The van der Waals surface area contributed by atoms with E-state index in [9.17, 15) is 19.2 Å². The van der Waals surface area contributed by atoms with E-state index in [1.807, 2.05) is 0 Å². The first-order chi connectivity index (χ1) is 13.9. The molecule has 0 radical (unpaired) electrons. The summed E-state index contributed by atoms with van der Waals surface area (Å²) in [5, 5.41) is 11.5. The fourth-order valence-corrected chi connectivity index (χ4v) is 3.03. The van der Waals surface area contributed by atoms with Crippen LogP contribution < -0.4 is 5.32 Å². The van der Waals surface area contributed by atoms with E-state index >= 15 is 0 Å². The molecule has 0 fully saturated rings. The van der Waals surface area contributed by atoms with Crippen molar-refractivity contribution in [3.8, 4) is 0 Å². The molecule has 0 saturated carbocycles. The van der Waals surface area contributed by atoms with Gasteiger partial charge in [0.15, 0.2) is 0 Å². The third-order valence-corrected chi connectivity index (χ3v) is 4.52. The van der Waals surface area contributed by atoms with E-state index < -0.39 is 23.7 Å². The van der Waals surface area contributed by atoms with Crippen LogP contribution >= 0.6 is 0 Å². The van der Waals surface area contributed by atoms with E-state index in [1.165, 1.54) is 48.7 Å². The van der Waals surface area contributed by atoms with Crippen molar-refractivity contribution in [2.75, 3.05) is 5.32 Å². The molecule has 0 saturated heterocycles. The third-order valence-electron chi connectivity index (χ3n) is 4.52. The number of rotatable bonds is 5. The molecule has 144 valence electrons. The minimum absolute atomic E-state index is 0.0107. The van der Waals surface area contributed by atoms with Crippen LogP contribution in [0.5, 0.6) is 0 Å². The monoisotopic (exact) mass is 390 g/mol. The average molecular weight is 390 g/mol. The summed E-state index contributed by atoms with van der Waals surface area (Å²) < 4.78 is 5.20. The number of carbonyl (C=O) groups is 4. The number of hydrogen-bond acceptors (Lipinski definition) is 5. The number of imide groups is 1. The summed E-state index contributed by atoms with van der Waals surface area (Å²) in [7, 11) is 0. The van der Waals surface area contributed by atoms with Crippen LogP contribution in [0.15, 0.2) is 65.3 Å². The lowest BCUT2D eigenvalue weighted by molar-refractivity contribution is 0.0629. The van der Waals surface area contributed by atoms with E-state index in [2.05, 4.69) is 5.32 Å². The van der Waals surface area contributed by atoms with Gasteiger partial charge in [0.25, 0.3) is 17.7 Å². The summed E-state index contributed by atoms with van der Waals surface area (Å²) >= 11 is 0. The minimum Gasteiger partial charge on any atom is -0.478 e. The number of nitrogens with zero attached hydrogens (tertiary/aromatic N) is 1. The summed E-state index contributed by atoms with van der Waals surface area (Å²) in [6, 6.07) is 13.3. The Balaban J connectivity index is 1.53. The Kier molecular flexibility index (Phi) is 4.44. The number of anilines is 1. The second-order valence-electron chi connectivity index (χ2n) is 6.37. The highest BCUT2D eigenvalue weighted by molar-refractivity contribution is 6.22. The summed E-state index contributed by atoms with van der Waals surface area (Å²) in [5.41, 5.74) is 1.08. The molecule has 0 bridgehead atoms. The van der Waals surface area contributed by atoms with Gasteiger partial charge in [-0.2, -0.15) is 0 Å². The van der Waals surface area contributed by atoms with Gasteiger partial charge in [-0.15, -0.1) is 0 Å². The van der Waals surface area contributed by atoms with Gasteiger partial charge in [-0.3, -0.25) is 19.3 Å². The van der Waals surface area contributed by atoms with Crippen molar-refractivity contribution in [1.29, 1.82) is 0 Å². The van der Waals surface area contributed by atoms with Crippen molar-refractivity contribution in [3.05, 3.63) is 88.9 Å². The number of fused-ring (bicyclic) bond motifs is 1. The number of benzene rings is 2. The largest absolute Gasteiger partial charge is 0.478 e. The van der Waals surface area contributed by atoms with Gasteiger partial charge in [0.2, 0.25) is 0 Å². The first-order valence-corrected chi connectivity index (χ1v) is 8.61. The van der Waals surface area contributed by atoms with Gasteiger partial charge in [0, 0.05) is 11.3 Å². The van der Waals surface area contributed by atoms with Crippen LogP contribution in [0.2, 0.25) is 0 Å². The maximum atomic E-state index is 12.6. The molecule has 3 aromatic rings. The molecule has 8 heteroatoms. The maximum Gasteiger partial charge on any atom is 0.335 e. The highest BCUT2D eigenvalue weighted by Crippen LogP contribution is 2.26. The van der Waals surface area contributed by atoms with Crippen molar-refractivity contribution in [3.63, 3.8) is 0 Å². The summed E-state index contributed by atoms with van der Waals surface area (Å²) in [5.74, 6) is -2.02. The lowest BCUT2D eigenvalue weighted by atomic mass is 10.1. The molecule has 8 nitrogen and oxygen atoms in total. The highest BCUT2D eigenvalue weighted by atomic mass is 16.4. The highest BCUT2D eigenvalue weighted by Gasteiger charge is 2.36. The second-order valence-corrected chi connectivity index (χ2v) is 6.37. The quantitative estimate of drug-likeness (QED) is 0.647. The van der Waals surface area contributed by atoms with Crippen LogP contribution in [-0.2, 0) is 6.54 Å². The van der Waals surface area contributed by atoms with Crippen molar-refractivity contribution in [2.24, 2.45) is 0 Å². The molecular formula is C21H14N2O6. The molecular weight excluding hydrogens is 376 g/mol. The van der Waals surface area contributed by atoms with Crippen LogP contribution in [0.4, 0.5) is 5.69 Å². The third kappa shape index (κ3) is 3.39. The topological polar surface area (TPSA) is 117 Å². The number of hydrogen-bond donors (Lipinski definition) is 2. The predicted molar refractivity (Wildman–Crippen MR) is 101 cm³/mol. The first-order valence-electron chi connectivity index (χ1n) is 8.61. The smallest absolute Gasteiger partial charge is 0.335 e. The fourth-order valence-electron chi connectivity index (χ4n) is 3.03. The van der Waals surface area contributed by atoms with Gasteiger partial charge in [-0.05, 0) is 54.6 Å². The Bertz CT molecular complexity index is 1130. The molecule has 0 unspecified atom stereocenters. The van der Waals surface area contributed by atoms with E-state index in [-0.39, 0.29) is 28.8 Å². The minimum atomic E-state index is -1.07. The number of furan rings is 1. The van der Waals surface area contributed by atoms with E-state index in [1.54, 1.807) is 12.1 Å². The van der Waals surface area contributed by atoms with Gasteiger partial charge in [0.05, 0.1) is 29.5 Å². The van der Waals surface area contributed by atoms with Crippen LogP contribution in [0.25, 0.3) is 0 Å². The van der Waals surface area contributed by atoms with Crippen LogP contribution in [0.3, 0.4) is 0 Å². The van der Waals surface area contributed by atoms with Crippen molar-refractivity contribution in [2.45, 2.75) is 6.54 Å². The summed E-state index contributed by atoms with van der Waals surface area (Å²) in [4.78, 5) is 49.6. The lowest BCUT2D eigenvalue weighted by Crippen LogP contribution is -2.28. The number of nitrogens with one attached hydrogen (secondary N) is 1. The standard InChI is InChI=1S/C21H14N2O6/c24-18(22-14-6-3-12(4-7-14)21(27)28)13-5-8-16-17(10-13)20(26)23(19(16)25)11-15-2-1-9-29-15/h1-10H,11H2,(H,22,24)(H,27,28). The number of amides is 3. The normalized spacial score (nSPS) is 12.8. The Hall–Kier alpha value is -4.20. The molecule has 1 aliphatic heterocycles. The molecule has 2 aromatic carbocycles. The molecule has 4 rings (SSSR count). The van der Waals surface area contributed by atoms with Gasteiger partial charge >= 0.3 is 5.97 Å². The molecule has 29 heavy (non-hydrogen) atoms. The van der Waals surface area contributed by atoms with Crippen LogP contribution in [0.1, 0.15) is 47.2 Å². The molecule has 0 aliphatic carbocycles. The van der Waals surface area contributed by atoms with E-state index in [0.717, 1.165) is 4.90 Å². The SMILES string of the molecule is O=C(O)c1ccc(NC(=O)c2ccc3c(c2)C(=O)N(Cc2ccco2)C3=O)cc1. The van der Waals surface area contributed by atoms with Crippen LogP contribution in [-0.4, -0.2) is 33.7 Å². The number of carbonyl (C=O) groups excluding carboxylic acids is 3. The second kappa shape index (κ2) is 7.08. The molecule has 3 amide bonds. The van der Waals surface area contributed by atoms with Crippen molar-refractivity contribution < 1.29 is 28.7 Å². The maximum absolute atomic E-state index is 12.6. The predicted octanol–water partition coefficient (Wildman–Crippen LogP) is 3.03. The number of carboxylic acids is 1. The molecule has 0 atom stereocenters. The van der Waals surface area contributed by atoms with Gasteiger partial charge in [-0.25, -0.2) is 4.79 Å². The molecule has 2 heterocycles. The van der Waals surface area contributed by atoms with Gasteiger partial charge in [-0.1, -0.05) is 0 Å². The van der Waals surface area contributed by atoms with Crippen molar-refractivity contribution in [1.82, 2.24) is 4.90 Å². The van der Waals surface area contributed by atoms with Crippen LogP contribution in [0, 0.1) is 0 Å². The Morgan fingerprint density at radius 3 is 2.28 bits per heavy atom. The van der Waals surface area contributed by atoms with E-state index in [0.29, 0.717) is 11.4 Å². The summed E-state index contributed by atoms with van der Waals surface area (Å²) in [6.07, 6.45) is 1.46. The fraction of sp³-hybridized carbons (Fsp3) is 0.0476. The molecule has 1 aromatic heterocycles. The zero-order valence-corrected chi connectivity index (χ0v) is 14.9. The average Bonchev–Trinajstić information content (AvgIpc) is 3.31. The zero-order valence-electron chi connectivity index (χ0n) is 14.9. The lowest BCUT2D eigenvalue weighted by Gasteiger charge is -2.11. The molecule has 1 aliphatic rings. The first kappa shape index (κ1) is 18.2. The van der Waals surface area contributed by atoms with Gasteiger partial charge in [0.1, 0.15) is 5.76 Å². The Morgan fingerprint density at radius 2 is 1.62 bits per heavy atom. The molecule has 0 spiro atoms. The zero-order chi connectivity index (χ0) is 20.5. The molecule has 2 N–H and O–H groups in total.